The molecule has 1 aromatic heterocycles. The number of nitrogens with zero attached hydrogens (tertiary/aromatic N) is 2. The number of nitrogens with one attached hydrogen (secondary N) is 1. The molecule has 5 nitrogen and oxygen atoms in total. The molecule has 1 heterocycles. The van der Waals surface area contributed by atoms with Crippen LogP contribution in [0.5, 0.6) is 5.75 Å². The molecule has 0 aliphatic carbocycles. The van der Waals surface area contributed by atoms with E-state index in [0.29, 0.717) is 6.54 Å². The first kappa shape index (κ1) is 22.3. The Balaban J connectivity index is 1.76. The van der Waals surface area contributed by atoms with Crippen LogP contribution in [-0.4, -0.2) is 31.5 Å². The Morgan fingerprint density at radius 1 is 1.13 bits per heavy atom. The minimum absolute atomic E-state index is 0.125. The summed E-state index contributed by atoms with van der Waals surface area (Å²) in [6.07, 6.45) is 3.55. The van der Waals surface area contributed by atoms with Gasteiger partial charge < -0.3 is 10.1 Å². The van der Waals surface area contributed by atoms with E-state index in [-0.39, 0.29) is 5.04 Å². The lowest BCUT2D eigenvalue weighted by Gasteiger charge is -2.22. The van der Waals surface area contributed by atoms with E-state index in [0.717, 1.165) is 32.8 Å². The summed E-state index contributed by atoms with van der Waals surface area (Å²) >= 11 is 0. The van der Waals surface area contributed by atoms with Gasteiger partial charge in [0.25, 0.3) is 0 Å². The molecule has 0 aliphatic rings. The van der Waals surface area contributed by atoms with Crippen LogP contribution in [0.1, 0.15) is 26.3 Å². The van der Waals surface area contributed by atoms with E-state index in [2.05, 4.69) is 37.6 Å². The van der Waals surface area contributed by atoms with Gasteiger partial charge in [-0.2, -0.15) is 0 Å². The highest BCUT2D eigenvalue weighted by Gasteiger charge is 2.23. The number of benzene rings is 2. The molecule has 0 spiro atoms. The van der Waals surface area contributed by atoms with Crippen LogP contribution in [0.15, 0.2) is 63.7 Å². The fourth-order valence-corrected chi connectivity index (χ4v) is 7.79. The number of rotatable bonds is 6. The van der Waals surface area contributed by atoms with Crippen molar-refractivity contribution in [3.8, 4) is 5.75 Å². The molecule has 0 saturated heterocycles. The number of hydrogen-bond donors (Lipinski definition) is 1. The van der Waals surface area contributed by atoms with Crippen molar-refractivity contribution in [2.45, 2.75) is 43.8 Å². The van der Waals surface area contributed by atoms with Crippen LogP contribution >= 0.6 is 0 Å². The van der Waals surface area contributed by atoms with Crippen LogP contribution in [-0.2, 0) is 16.3 Å². The molecule has 0 fully saturated rings. The van der Waals surface area contributed by atoms with Crippen molar-refractivity contribution in [2.75, 3.05) is 18.7 Å². The lowest BCUT2D eigenvalue weighted by atomic mass is 10.1. The van der Waals surface area contributed by atoms with Gasteiger partial charge in [0.1, 0.15) is 5.75 Å². The highest BCUT2D eigenvalue weighted by atomic mass is 32.2. The van der Waals surface area contributed by atoms with Gasteiger partial charge in [0.2, 0.25) is 0 Å². The van der Waals surface area contributed by atoms with E-state index in [4.69, 9.17) is 8.77 Å². The Hall–Kier alpha value is -2.38. The zero-order valence-corrected chi connectivity index (χ0v) is 20.6. The third-order valence-corrected chi connectivity index (χ3v) is 11.9. The first-order valence-electron chi connectivity index (χ1n) is 10.1. The molecule has 3 rings (SSSR count). The molecule has 0 bridgehead atoms. The number of aromatic nitrogens is 1. The maximum atomic E-state index is 13.2. The average Bonchev–Trinajstić information content (AvgIpc) is 2.71. The van der Waals surface area contributed by atoms with Gasteiger partial charge in [0.05, 0.1) is 22.4 Å². The van der Waals surface area contributed by atoms with Crippen molar-refractivity contribution in [2.24, 2.45) is 4.03 Å². The number of anilines is 1. The molecule has 2 aromatic carbocycles. The predicted octanol–water partition coefficient (Wildman–Crippen LogP) is 5.47. The summed E-state index contributed by atoms with van der Waals surface area (Å²) in [5.41, 5.74) is 3.03. The van der Waals surface area contributed by atoms with Crippen LogP contribution in [0.3, 0.4) is 0 Å². The van der Waals surface area contributed by atoms with E-state index in [9.17, 15) is 4.21 Å². The molecule has 160 valence electrons. The average molecular weight is 442 g/mol. The number of ether oxygens (including phenoxy) is 1. The molecular formula is C23H31N3O2SSi. The number of fused-ring (bicyclic) bond motifs is 1. The second kappa shape index (κ2) is 8.77. The number of methoxy groups -OCH3 is 1. The van der Waals surface area contributed by atoms with Crippen molar-refractivity contribution in [3.63, 3.8) is 0 Å². The minimum atomic E-state index is -2.37. The SMILES string of the molecule is COc1ccc2c(NCc3ccc(S(C)(=O)=N[SiH](C)C(C)(C)C)cc3)ccnc2c1. The summed E-state index contributed by atoms with van der Waals surface area (Å²) in [7, 11) is -2.17. The Morgan fingerprint density at radius 3 is 2.47 bits per heavy atom. The molecule has 2 unspecified atom stereocenters. The van der Waals surface area contributed by atoms with Gasteiger partial charge in [-0.15, -0.1) is 0 Å². The quantitative estimate of drug-likeness (QED) is 0.516. The number of hydrogen-bond acceptors (Lipinski definition) is 5. The van der Waals surface area contributed by atoms with E-state index >= 15 is 0 Å². The molecule has 0 aliphatic heterocycles. The van der Waals surface area contributed by atoms with Gasteiger partial charge in [-0.25, -0.2) is 4.21 Å². The number of pyridine rings is 1. The predicted molar refractivity (Wildman–Crippen MR) is 130 cm³/mol. The second-order valence-electron chi connectivity index (χ2n) is 8.69. The van der Waals surface area contributed by atoms with E-state index in [1.54, 1.807) is 19.6 Å². The van der Waals surface area contributed by atoms with Gasteiger partial charge in [0.15, 0.2) is 8.96 Å². The molecular weight excluding hydrogens is 410 g/mol. The highest BCUT2D eigenvalue weighted by Crippen LogP contribution is 2.29. The minimum Gasteiger partial charge on any atom is -0.497 e. The summed E-state index contributed by atoms with van der Waals surface area (Å²) in [4.78, 5) is 5.23. The molecule has 3 aromatic rings. The van der Waals surface area contributed by atoms with Crippen molar-refractivity contribution in [1.29, 1.82) is 0 Å². The lowest BCUT2D eigenvalue weighted by Crippen LogP contribution is -2.21. The molecule has 30 heavy (non-hydrogen) atoms. The van der Waals surface area contributed by atoms with Crippen LogP contribution in [0.2, 0.25) is 11.6 Å². The zero-order valence-electron chi connectivity index (χ0n) is 18.6. The van der Waals surface area contributed by atoms with Crippen LogP contribution in [0.25, 0.3) is 10.9 Å². The van der Waals surface area contributed by atoms with E-state index in [1.165, 1.54) is 0 Å². The molecule has 1 N–H and O–H groups in total. The Labute approximate surface area is 181 Å². The summed E-state index contributed by atoms with van der Waals surface area (Å²) in [5.74, 6) is 0.792. The van der Waals surface area contributed by atoms with Gasteiger partial charge >= 0.3 is 0 Å². The first-order valence-corrected chi connectivity index (χ1v) is 14.2. The topological polar surface area (TPSA) is 63.6 Å². The Morgan fingerprint density at radius 2 is 1.83 bits per heavy atom. The van der Waals surface area contributed by atoms with Gasteiger partial charge in [-0.1, -0.05) is 39.5 Å². The molecule has 2 atom stereocenters. The van der Waals surface area contributed by atoms with Crippen LogP contribution in [0, 0.1) is 0 Å². The smallest absolute Gasteiger partial charge is 0.181 e. The van der Waals surface area contributed by atoms with Crippen molar-refractivity contribution in [3.05, 3.63) is 60.3 Å². The normalized spacial score (nSPS) is 14.7. The third kappa shape index (κ3) is 5.20. The van der Waals surface area contributed by atoms with Gasteiger partial charge in [-0.05, 0) is 40.9 Å². The monoisotopic (exact) mass is 441 g/mol. The molecule has 0 radical (unpaired) electrons. The Kier molecular flexibility index (Phi) is 6.52. The Bertz CT molecular complexity index is 1150. The highest BCUT2D eigenvalue weighted by molar-refractivity contribution is 7.93. The van der Waals surface area contributed by atoms with Crippen molar-refractivity contribution in [1.82, 2.24) is 4.98 Å². The fraction of sp³-hybridized carbons (Fsp3) is 0.348. The van der Waals surface area contributed by atoms with Crippen molar-refractivity contribution < 1.29 is 8.95 Å². The van der Waals surface area contributed by atoms with E-state index < -0.39 is 18.7 Å². The zero-order chi connectivity index (χ0) is 21.9. The third-order valence-electron chi connectivity index (χ3n) is 5.41. The summed E-state index contributed by atoms with van der Waals surface area (Å²) in [5, 5.41) is 4.66. The molecule has 0 amide bonds. The van der Waals surface area contributed by atoms with Crippen LogP contribution in [0.4, 0.5) is 5.69 Å². The van der Waals surface area contributed by atoms with Gasteiger partial charge in [-0.3, -0.25) is 9.01 Å². The van der Waals surface area contributed by atoms with Crippen LogP contribution < -0.4 is 10.1 Å². The first-order chi connectivity index (χ1) is 14.1. The molecule has 7 heteroatoms. The van der Waals surface area contributed by atoms with Crippen molar-refractivity contribution >= 4 is 35.3 Å². The second-order valence-corrected chi connectivity index (χ2v) is 14.7. The summed E-state index contributed by atoms with van der Waals surface area (Å²) < 4.78 is 23.2. The maximum Gasteiger partial charge on any atom is 0.181 e. The molecule has 0 saturated carbocycles. The summed E-state index contributed by atoms with van der Waals surface area (Å²) in [6, 6.07) is 15.8. The largest absolute Gasteiger partial charge is 0.497 e. The maximum absolute atomic E-state index is 13.2. The standard InChI is InChI=1S/C23H31N3O2SSi/c1-23(2,3)30(6)26-29(5,27)19-10-7-17(8-11-19)16-25-21-13-14-24-22-15-18(28-4)9-12-20(21)22/h7-15,30H,16H2,1-6H3,(H,24,25). The van der Waals surface area contributed by atoms with Gasteiger partial charge in [0, 0.05) is 41.0 Å². The fourth-order valence-electron chi connectivity index (χ4n) is 2.99. The summed E-state index contributed by atoms with van der Waals surface area (Å²) in [6.45, 7) is 9.36. The lowest BCUT2D eigenvalue weighted by molar-refractivity contribution is 0.415. The van der Waals surface area contributed by atoms with E-state index in [1.807, 2.05) is 48.5 Å².